The minimum absolute atomic E-state index is 0.119. The molecule has 3 rings (SSSR count). The fourth-order valence-electron chi connectivity index (χ4n) is 2.77. The Bertz CT molecular complexity index is 868. The molecule has 0 bridgehead atoms. The smallest absolute Gasteiger partial charge is 0.229 e. The molecule has 0 radical (unpaired) electrons. The average molecular weight is 374 g/mol. The summed E-state index contributed by atoms with van der Waals surface area (Å²) in [6, 6.07) is 8.70. The summed E-state index contributed by atoms with van der Waals surface area (Å²) < 4.78 is 21.7. The van der Waals surface area contributed by atoms with Gasteiger partial charge in [-0.3, -0.25) is 9.00 Å². The van der Waals surface area contributed by atoms with E-state index in [1.165, 1.54) is 23.5 Å². The molecule has 1 aromatic carbocycles. The molecule has 1 amide bonds. The van der Waals surface area contributed by atoms with Crippen LogP contribution < -0.4 is 10.6 Å². The van der Waals surface area contributed by atoms with Crippen LogP contribution in [0.5, 0.6) is 0 Å². The molecular weight excluding hydrogens is 358 g/mol. The molecule has 1 aliphatic rings. The van der Waals surface area contributed by atoms with Crippen LogP contribution in [-0.4, -0.2) is 20.7 Å². The first-order valence-electron chi connectivity index (χ1n) is 7.74. The molecule has 6 nitrogen and oxygen atoms in total. The Balaban J connectivity index is 1.73. The van der Waals surface area contributed by atoms with E-state index in [0.29, 0.717) is 28.7 Å². The number of amides is 1. The molecule has 0 fully saturated rings. The molecule has 2 unspecified atom stereocenters. The Morgan fingerprint density at radius 1 is 1.48 bits per heavy atom. The molecule has 2 aromatic rings. The lowest BCUT2D eigenvalue weighted by molar-refractivity contribution is -0.115. The third kappa shape index (κ3) is 3.96. The zero-order valence-electron chi connectivity index (χ0n) is 13.5. The van der Waals surface area contributed by atoms with E-state index < -0.39 is 11.1 Å². The van der Waals surface area contributed by atoms with E-state index in [1.807, 2.05) is 0 Å². The number of rotatable bonds is 4. The topological polar surface area (TPSA) is 105 Å². The number of nitrogens with one attached hydrogen (secondary N) is 2. The minimum Gasteiger partial charge on any atom is -0.768 e. The first kappa shape index (κ1) is 17.8. The second kappa shape index (κ2) is 7.45. The van der Waals surface area contributed by atoms with Crippen LogP contribution in [-0.2, 0) is 35.3 Å². The van der Waals surface area contributed by atoms with Gasteiger partial charge in [-0.1, -0.05) is 12.1 Å². The van der Waals surface area contributed by atoms with Crippen molar-refractivity contribution in [2.75, 3.05) is 5.32 Å². The molecule has 0 spiro atoms. The van der Waals surface area contributed by atoms with Gasteiger partial charge in [0.2, 0.25) is 5.91 Å². The van der Waals surface area contributed by atoms with Crippen molar-refractivity contribution in [1.29, 1.82) is 5.26 Å². The average Bonchev–Trinajstić information content (AvgIpc) is 2.90. The fraction of sp³-hybridized carbons (Fsp3) is 0.294. The van der Waals surface area contributed by atoms with Crippen LogP contribution in [0.2, 0.25) is 0 Å². The van der Waals surface area contributed by atoms with Gasteiger partial charge in [0, 0.05) is 22.4 Å². The summed E-state index contributed by atoms with van der Waals surface area (Å²) in [5.74, 6) is -0.230. The van der Waals surface area contributed by atoms with Crippen molar-refractivity contribution < 1.29 is 13.6 Å². The maximum absolute atomic E-state index is 12.3. The number of hydrogen-bond acceptors (Lipinski definition) is 6. The van der Waals surface area contributed by atoms with Gasteiger partial charge in [0.25, 0.3) is 0 Å². The highest BCUT2D eigenvalue weighted by molar-refractivity contribution is 7.79. The second-order valence-corrected chi connectivity index (χ2v) is 7.96. The summed E-state index contributed by atoms with van der Waals surface area (Å²) in [7, 11) is 0. The summed E-state index contributed by atoms with van der Waals surface area (Å²) >= 11 is -0.816. The van der Waals surface area contributed by atoms with Crippen LogP contribution in [0.25, 0.3) is 0 Å². The minimum atomic E-state index is -2.28. The summed E-state index contributed by atoms with van der Waals surface area (Å²) in [5, 5.41) is 16.2. The maximum atomic E-state index is 12.3. The van der Waals surface area contributed by atoms with Crippen LogP contribution in [0.4, 0.5) is 5.00 Å². The number of carbonyl (C=O) groups is 1. The largest absolute Gasteiger partial charge is 0.768 e. The Kier molecular flexibility index (Phi) is 5.30. The molecule has 2 N–H and O–H groups in total. The van der Waals surface area contributed by atoms with Crippen molar-refractivity contribution in [3.63, 3.8) is 0 Å². The van der Waals surface area contributed by atoms with Crippen molar-refractivity contribution in [1.82, 2.24) is 5.32 Å². The van der Waals surface area contributed by atoms with Gasteiger partial charge in [-0.2, -0.15) is 5.26 Å². The molecule has 1 aliphatic heterocycles. The van der Waals surface area contributed by atoms with Crippen LogP contribution >= 0.6 is 11.3 Å². The van der Waals surface area contributed by atoms with Gasteiger partial charge in [-0.15, -0.1) is 11.3 Å². The fourth-order valence-corrected chi connectivity index (χ4v) is 4.44. The van der Waals surface area contributed by atoms with Gasteiger partial charge in [0.05, 0.1) is 12.0 Å². The van der Waals surface area contributed by atoms with E-state index in [-0.39, 0.29) is 17.2 Å². The molecule has 25 heavy (non-hydrogen) atoms. The van der Waals surface area contributed by atoms with E-state index in [4.69, 9.17) is 0 Å². The lowest BCUT2D eigenvalue weighted by Crippen LogP contribution is -2.32. The summed E-state index contributed by atoms with van der Waals surface area (Å²) in [4.78, 5) is 13.6. The van der Waals surface area contributed by atoms with Gasteiger partial charge in [0.15, 0.2) is 0 Å². The number of thiophene rings is 1. The lowest BCUT2D eigenvalue weighted by atomic mass is 10.0. The number of anilines is 1. The molecule has 2 atom stereocenters. The molecule has 130 valence electrons. The van der Waals surface area contributed by atoms with Gasteiger partial charge >= 0.3 is 0 Å². The van der Waals surface area contributed by atoms with E-state index in [9.17, 15) is 18.8 Å². The van der Waals surface area contributed by atoms with E-state index in [0.717, 1.165) is 16.9 Å². The lowest BCUT2D eigenvalue weighted by Gasteiger charge is -2.19. The summed E-state index contributed by atoms with van der Waals surface area (Å²) in [6.07, 6.45) is 0.964. The van der Waals surface area contributed by atoms with Crippen molar-refractivity contribution in [3.8, 4) is 6.07 Å². The third-order valence-corrected chi connectivity index (χ3v) is 5.88. The van der Waals surface area contributed by atoms with Gasteiger partial charge in [-0.25, -0.2) is 0 Å². The Morgan fingerprint density at radius 3 is 2.84 bits per heavy atom. The van der Waals surface area contributed by atoms with Gasteiger partial charge in [-0.05, 0) is 47.7 Å². The highest BCUT2D eigenvalue weighted by atomic mass is 32.2. The van der Waals surface area contributed by atoms with Gasteiger partial charge < -0.3 is 15.2 Å². The first-order valence-corrected chi connectivity index (χ1v) is 9.63. The van der Waals surface area contributed by atoms with Crippen LogP contribution in [0.1, 0.15) is 28.5 Å². The number of hydrogen-bond donors (Lipinski definition) is 2. The van der Waals surface area contributed by atoms with Crippen molar-refractivity contribution >= 4 is 33.3 Å². The van der Waals surface area contributed by atoms with Crippen LogP contribution in [0, 0.1) is 11.3 Å². The molecule has 0 saturated carbocycles. The molecule has 8 heteroatoms. The normalized spacial score (nSPS) is 17.4. The highest BCUT2D eigenvalue weighted by Crippen LogP contribution is 2.35. The predicted molar refractivity (Wildman–Crippen MR) is 95.0 cm³/mol. The zero-order valence-corrected chi connectivity index (χ0v) is 15.1. The quantitative estimate of drug-likeness (QED) is 0.797. The zero-order chi connectivity index (χ0) is 18.0. The SMILES string of the molecule is CC1Cc2sc(NC(=O)Cc3ccc(S(=O)[O-])cc3)c(C#N)c2CN1. The van der Waals surface area contributed by atoms with E-state index in [1.54, 1.807) is 12.1 Å². The molecule has 0 saturated heterocycles. The van der Waals surface area contributed by atoms with Crippen molar-refractivity contribution in [2.45, 2.75) is 37.2 Å². The Labute approximate surface area is 152 Å². The number of carbonyl (C=O) groups excluding carboxylic acids is 1. The molecular formula is C17H16N3O3S2-. The standard InChI is InChI=1S/C17H17N3O3S2/c1-10-6-15-14(9-19-10)13(8-18)17(24-15)20-16(21)7-11-2-4-12(5-3-11)25(22)23/h2-5,10,19H,6-7,9H2,1H3,(H,20,21)(H,22,23)/p-1. The van der Waals surface area contributed by atoms with Gasteiger partial charge in [0.1, 0.15) is 11.1 Å². The number of fused-ring (bicyclic) bond motifs is 1. The maximum Gasteiger partial charge on any atom is 0.229 e. The highest BCUT2D eigenvalue weighted by Gasteiger charge is 2.24. The number of nitriles is 1. The van der Waals surface area contributed by atoms with Crippen LogP contribution in [0.3, 0.4) is 0 Å². The monoisotopic (exact) mass is 374 g/mol. The molecule has 1 aromatic heterocycles. The predicted octanol–water partition coefficient (Wildman–Crippen LogP) is 2.07. The number of nitrogens with zero attached hydrogens (tertiary/aromatic N) is 1. The first-order chi connectivity index (χ1) is 12.0. The van der Waals surface area contributed by atoms with E-state index in [2.05, 4.69) is 23.6 Å². The summed E-state index contributed by atoms with van der Waals surface area (Å²) in [5.41, 5.74) is 2.22. The summed E-state index contributed by atoms with van der Waals surface area (Å²) in [6.45, 7) is 2.73. The van der Waals surface area contributed by atoms with Crippen molar-refractivity contribution in [2.24, 2.45) is 0 Å². The Hall–Kier alpha value is -2.05. The molecule has 2 heterocycles. The second-order valence-electron chi connectivity index (χ2n) is 5.91. The van der Waals surface area contributed by atoms with E-state index >= 15 is 0 Å². The molecule has 0 aliphatic carbocycles. The Morgan fingerprint density at radius 2 is 2.20 bits per heavy atom. The van der Waals surface area contributed by atoms with Crippen molar-refractivity contribution in [3.05, 3.63) is 45.8 Å². The third-order valence-electron chi connectivity index (χ3n) is 4.05. The number of benzene rings is 1. The van der Waals surface area contributed by atoms with Crippen LogP contribution in [0.15, 0.2) is 29.2 Å².